The molecule has 2 rings (SSSR count). The first kappa shape index (κ1) is 8.55. The van der Waals surface area contributed by atoms with Crippen molar-refractivity contribution in [2.75, 3.05) is 7.11 Å². The van der Waals surface area contributed by atoms with Gasteiger partial charge in [0, 0.05) is 0 Å². The molecule has 0 amide bonds. The number of nitrogens with zero attached hydrogens (tertiary/aromatic N) is 1. The van der Waals surface area contributed by atoms with Crippen LogP contribution in [0.2, 0.25) is 0 Å². The fourth-order valence-electron chi connectivity index (χ4n) is 1.19. The maximum absolute atomic E-state index is 10.7. The average Bonchev–Trinajstić information content (AvgIpc) is 2.65. The number of hydrogen-bond donors (Lipinski definition) is 1. The van der Waals surface area contributed by atoms with Crippen LogP contribution in [0.5, 0.6) is 5.75 Å². The van der Waals surface area contributed by atoms with Crippen molar-refractivity contribution in [3.05, 3.63) is 34.8 Å². The maximum atomic E-state index is 10.7. The standard InChI is InChI=1S/C9H8N2O3/c1-13-7-5-3-2-4-6(7)8-10-9(12)14-11-8/h2-5H,1H3,(H,10,11,12). The smallest absolute Gasteiger partial charge is 0.439 e. The topological polar surface area (TPSA) is 68.1 Å². The quantitative estimate of drug-likeness (QED) is 0.771. The molecule has 5 nitrogen and oxygen atoms in total. The normalized spacial score (nSPS) is 10.1. The van der Waals surface area contributed by atoms with Crippen molar-refractivity contribution in [1.29, 1.82) is 0 Å². The van der Waals surface area contributed by atoms with E-state index in [1.54, 1.807) is 19.2 Å². The molecule has 0 radical (unpaired) electrons. The summed E-state index contributed by atoms with van der Waals surface area (Å²) < 4.78 is 9.51. The number of nitrogens with one attached hydrogen (secondary N) is 1. The van der Waals surface area contributed by atoms with Gasteiger partial charge in [0.25, 0.3) is 0 Å². The summed E-state index contributed by atoms with van der Waals surface area (Å²) in [6.07, 6.45) is 0. The summed E-state index contributed by atoms with van der Waals surface area (Å²) in [5, 5.41) is 3.57. The molecule has 0 spiro atoms. The Kier molecular flexibility index (Phi) is 2.06. The Labute approximate surface area is 79.3 Å². The SMILES string of the molecule is COc1ccccc1-c1noc(=O)[nH]1. The molecule has 1 N–H and O–H groups in total. The van der Waals surface area contributed by atoms with Gasteiger partial charge in [-0.25, -0.2) is 4.79 Å². The summed E-state index contributed by atoms with van der Waals surface area (Å²) in [4.78, 5) is 13.2. The van der Waals surface area contributed by atoms with E-state index in [-0.39, 0.29) is 0 Å². The van der Waals surface area contributed by atoms with Crippen molar-refractivity contribution in [2.24, 2.45) is 0 Å². The lowest BCUT2D eigenvalue weighted by Gasteiger charge is -2.03. The fourth-order valence-corrected chi connectivity index (χ4v) is 1.19. The molecular formula is C9H8N2O3. The summed E-state index contributed by atoms with van der Waals surface area (Å²) >= 11 is 0. The molecular weight excluding hydrogens is 184 g/mol. The van der Waals surface area contributed by atoms with Gasteiger partial charge in [0.05, 0.1) is 12.7 Å². The van der Waals surface area contributed by atoms with E-state index in [2.05, 4.69) is 14.7 Å². The molecule has 2 aromatic rings. The third-order valence-electron chi connectivity index (χ3n) is 1.80. The lowest BCUT2D eigenvalue weighted by atomic mass is 10.2. The summed E-state index contributed by atoms with van der Waals surface area (Å²) in [7, 11) is 1.55. The molecule has 0 aliphatic carbocycles. The van der Waals surface area contributed by atoms with Gasteiger partial charge in [-0.15, -0.1) is 0 Å². The number of hydrogen-bond acceptors (Lipinski definition) is 4. The first-order valence-corrected chi connectivity index (χ1v) is 4.00. The van der Waals surface area contributed by atoms with Gasteiger partial charge in [-0.3, -0.25) is 9.51 Å². The fraction of sp³-hybridized carbons (Fsp3) is 0.111. The highest BCUT2D eigenvalue weighted by atomic mass is 16.5. The molecule has 5 heteroatoms. The summed E-state index contributed by atoms with van der Waals surface area (Å²) in [6, 6.07) is 7.22. The van der Waals surface area contributed by atoms with Gasteiger partial charge in [-0.1, -0.05) is 17.3 Å². The van der Waals surface area contributed by atoms with Crippen LogP contribution in [0.25, 0.3) is 11.4 Å². The van der Waals surface area contributed by atoms with Crippen molar-refractivity contribution in [2.45, 2.75) is 0 Å². The minimum atomic E-state index is -0.578. The van der Waals surface area contributed by atoms with E-state index < -0.39 is 5.76 Å². The van der Waals surface area contributed by atoms with Gasteiger partial charge in [0.1, 0.15) is 5.75 Å². The van der Waals surface area contributed by atoms with E-state index >= 15 is 0 Å². The van der Waals surface area contributed by atoms with Crippen LogP contribution in [0.3, 0.4) is 0 Å². The molecule has 1 aromatic heterocycles. The molecule has 0 saturated carbocycles. The van der Waals surface area contributed by atoms with Gasteiger partial charge in [-0.05, 0) is 12.1 Å². The number of aromatic nitrogens is 2. The third kappa shape index (κ3) is 1.39. The van der Waals surface area contributed by atoms with E-state index in [0.717, 1.165) is 0 Å². The van der Waals surface area contributed by atoms with Gasteiger partial charge in [0.2, 0.25) is 0 Å². The van der Waals surface area contributed by atoms with Crippen LogP contribution in [0.4, 0.5) is 0 Å². The number of aromatic amines is 1. The average molecular weight is 192 g/mol. The predicted molar refractivity (Wildman–Crippen MR) is 49.1 cm³/mol. The molecule has 72 valence electrons. The Morgan fingerprint density at radius 1 is 1.43 bits per heavy atom. The summed E-state index contributed by atoms with van der Waals surface area (Å²) in [6.45, 7) is 0. The van der Waals surface area contributed by atoms with E-state index in [4.69, 9.17) is 4.74 Å². The van der Waals surface area contributed by atoms with Crippen molar-refractivity contribution in [3.63, 3.8) is 0 Å². The summed E-state index contributed by atoms with van der Waals surface area (Å²) in [5.41, 5.74) is 0.695. The third-order valence-corrected chi connectivity index (χ3v) is 1.80. The zero-order valence-corrected chi connectivity index (χ0v) is 7.48. The largest absolute Gasteiger partial charge is 0.496 e. The molecule has 1 aromatic carbocycles. The maximum Gasteiger partial charge on any atom is 0.439 e. The van der Waals surface area contributed by atoms with Crippen LogP contribution in [-0.4, -0.2) is 17.3 Å². The number of H-pyrrole nitrogens is 1. The van der Waals surface area contributed by atoms with Crippen LogP contribution in [0.1, 0.15) is 0 Å². The van der Waals surface area contributed by atoms with Crippen molar-refractivity contribution in [3.8, 4) is 17.1 Å². The Morgan fingerprint density at radius 3 is 2.86 bits per heavy atom. The van der Waals surface area contributed by atoms with Crippen molar-refractivity contribution < 1.29 is 9.26 Å². The number of para-hydroxylation sites is 1. The second-order valence-electron chi connectivity index (χ2n) is 2.64. The van der Waals surface area contributed by atoms with E-state index in [1.165, 1.54) is 0 Å². The molecule has 1 heterocycles. The van der Waals surface area contributed by atoms with E-state index in [0.29, 0.717) is 17.1 Å². The highest BCUT2D eigenvalue weighted by Crippen LogP contribution is 2.25. The molecule has 14 heavy (non-hydrogen) atoms. The molecule has 0 atom stereocenters. The molecule has 0 aliphatic rings. The molecule has 0 saturated heterocycles. The second kappa shape index (κ2) is 3.37. The Morgan fingerprint density at radius 2 is 2.21 bits per heavy atom. The molecule has 0 aliphatic heterocycles. The number of rotatable bonds is 2. The van der Waals surface area contributed by atoms with Crippen LogP contribution in [0.15, 0.2) is 33.6 Å². The molecule has 0 bridgehead atoms. The number of ether oxygens (including phenoxy) is 1. The minimum absolute atomic E-state index is 0.368. The van der Waals surface area contributed by atoms with Crippen LogP contribution < -0.4 is 10.5 Å². The monoisotopic (exact) mass is 192 g/mol. The zero-order chi connectivity index (χ0) is 9.97. The zero-order valence-electron chi connectivity index (χ0n) is 7.48. The van der Waals surface area contributed by atoms with Crippen LogP contribution >= 0.6 is 0 Å². The Bertz CT molecular complexity index is 487. The van der Waals surface area contributed by atoms with Crippen LogP contribution in [0, 0.1) is 0 Å². The summed E-state index contributed by atoms with van der Waals surface area (Å²) in [5.74, 6) is 0.426. The number of methoxy groups -OCH3 is 1. The highest BCUT2D eigenvalue weighted by Gasteiger charge is 2.08. The van der Waals surface area contributed by atoms with E-state index in [1.807, 2.05) is 12.1 Å². The highest BCUT2D eigenvalue weighted by molar-refractivity contribution is 5.63. The Balaban J connectivity index is 2.55. The van der Waals surface area contributed by atoms with Crippen molar-refractivity contribution >= 4 is 0 Å². The first-order valence-electron chi connectivity index (χ1n) is 4.00. The predicted octanol–water partition coefficient (Wildman–Crippen LogP) is 1.04. The molecule has 0 fully saturated rings. The van der Waals surface area contributed by atoms with Crippen molar-refractivity contribution in [1.82, 2.24) is 10.1 Å². The van der Waals surface area contributed by atoms with E-state index in [9.17, 15) is 4.79 Å². The van der Waals surface area contributed by atoms with Gasteiger partial charge in [-0.2, -0.15) is 0 Å². The van der Waals surface area contributed by atoms with Gasteiger partial charge in [0.15, 0.2) is 5.82 Å². The lowest BCUT2D eigenvalue weighted by molar-refractivity contribution is 0.386. The van der Waals surface area contributed by atoms with Crippen LogP contribution in [-0.2, 0) is 0 Å². The Hall–Kier alpha value is -2.04. The lowest BCUT2D eigenvalue weighted by Crippen LogP contribution is -1.95. The number of benzene rings is 1. The minimum Gasteiger partial charge on any atom is -0.496 e. The molecule has 0 unspecified atom stereocenters. The van der Waals surface area contributed by atoms with Gasteiger partial charge < -0.3 is 4.74 Å². The second-order valence-corrected chi connectivity index (χ2v) is 2.64. The first-order chi connectivity index (χ1) is 6.81. The van der Waals surface area contributed by atoms with Gasteiger partial charge >= 0.3 is 5.76 Å².